The summed E-state index contributed by atoms with van der Waals surface area (Å²) in [5.74, 6) is 0.745. The highest BCUT2D eigenvalue weighted by Crippen LogP contribution is 2.33. The largest absolute Gasteiger partial charge is 0.492 e. The predicted octanol–water partition coefficient (Wildman–Crippen LogP) is 0.888. The second-order valence-electron chi connectivity index (χ2n) is 4.15. The number of carbonyl (C=O) groups is 1. The smallest absolute Gasteiger partial charge is 0.231 e. The molecular weight excluding hydrogens is 216 g/mol. The van der Waals surface area contributed by atoms with Gasteiger partial charge in [0.25, 0.3) is 0 Å². The van der Waals surface area contributed by atoms with Crippen molar-refractivity contribution in [2.45, 2.75) is 12.3 Å². The van der Waals surface area contributed by atoms with Crippen molar-refractivity contribution in [2.75, 3.05) is 26.7 Å². The molecule has 1 aromatic carbocycles. The summed E-state index contributed by atoms with van der Waals surface area (Å²) < 4.78 is 5.49. The maximum atomic E-state index is 12.0. The Morgan fingerprint density at radius 1 is 1.41 bits per heavy atom. The molecule has 1 amide bonds. The fourth-order valence-corrected chi connectivity index (χ4v) is 1.98. The molecule has 1 unspecified atom stereocenters. The lowest BCUT2D eigenvalue weighted by molar-refractivity contribution is -0.122. The Balaban J connectivity index is 1.89. The predicted molar refractivity (Wildman–Crippen MR) is 66.2 cm³/mol. The van der Waals surface area contributed by atoms with Gasteiger partial charge in [-0.25, -0.2) is 0 Å². The van der Waals surface area contributed by atoms with E-state index in [9.17, 15) is 4.79 Å². The second-order valence-corrected chi connectivity index (χ2v) is 4.15. The molecule has 2 rings (SSSR count). The highest BCUT2D eigenvalue weighted by Gasteiger charge is 2.29. The summed E-state index contributed by atoms with van der Waals surface area (Å²) >= 11 is 0. The van der Waals surface area contributed by atoms with Gasteiger partial charge in [-0.1, -0.05) is 18.2 Å². The summed E-state index contributed by atoms with van der Waals surface area (Å²) in [6.45, 7) is 2.08. The fourth-order valence-electron chi connectivity index (χ4n) is 1.98. The molecule has 0 radical (unpaired) electrons. The van der Waals surface area contributed by atoms with E-state index >= 15 is 0 Å². The monoisotopic (exact) mass is 234 g/mol. The Labute approximate surface area is 101 Å². The van der Waals surface area contributed by atoms with Crippen LogP contribution in [0.4, 0.5) is 0 Å². The molecule has 1 atom stereocenters. The van der Waals surface area contributed by atoms with Crippen molar-refractivity contribution in [2.24, 2.45) is 0 Å². The number of benzene rings is 1. The van der Waals surface area contributed by atoms with Crippen LogP contribution in [0.5, 0.6) is 5.75 Å². The first-order chi connectivity index (χ1) is 8.33. The Bertz CT molecular complexity index is 393. The van der Waals surface area contributed by atoms with Crippen molar-refractivity contribution in [1.29, 1.82) is 0 Å². The summed E-state index contributed by atoms with van der Waals surface area (Å²) in [6, 6.07) is 7.73. The van der Waals surface area contributed by atoms with Gasteiger partial charge in [0.15, 0.2) is 0 Å². The maximum Gasteiger partial charge on any atom is 0.231 e. The summed E-state index contributed by atoms with van der Waals surface area (Å²) in [6.07, 6.45) is 0.942. The number of hydrogen-bond donors (Lipinski definition) is 2. The van der Waals surface area contributed by atoms with E-state index in [0.717, 1.165) is 24.3 Å². The van der Waals surface area contributed by atoms with Crippen LogP contribution in [-0.2, 0) is 4.79 Å². The van der Waals surface area contributed by atoms with Crippen LogP contribution >= 0.6 is 0 Å². The van der Waals surface area contributed by atoms with Crippen molar-refractivity contribution < 1.29 is 9.53 Å². The zero-order valence-corrected chi connectivity index (χ0v) is 10.0. The third-order valence-corrected chi connectivity index (χ3v) is 2.92. The van der Waals surface area contributed by atoms with Gasteiger partial charge in [0, 0.05) is 12.1 Å². The Morgan fingerprint density at radius 3 is 3.06 bits per heavy atom. The molecule has 0 aromatic heterocycles. The number of ether oxygens (including phenoxy) is 1. The molecule has 2 N–H and O–H groups in total. The van der Waals surface area contributed by atoms with Gasteiger partial charge in [-0.15, -0.1) is 0 Å². The third-order valence-electron chi connectivity index (χ3n) is 2.92. The molecular formula is C13H18N2O2. The number of rotatable bonds is 5. The van der Waals surface area contributed by atoms with Crippen molar-refractivity contribution in [3.05, 3.63) is 29.8 Å². The molecule has 0 bridgehead atoms. The van der Waals surface area contributed by atoms with Gasteiger partial charge >= 0.3 is 0 Å². The van der Waals surface area contributed by atoms with Gasteiger partial charge in [0.2, 0.25) is 5.91 Å². The Morgan fingerprint density at radius 2 is 2.24 bits per heavy atom. The Hall–Kier alpha value is -1.55. The number of para-hydroxylation sites is 1. The number of amides is 1. The number of hydrogen-bond acceptors (Lipinski definition) is 3. The van der Waals surface area contributed by atoms with Crippen LogP contribution in [-0.4, -0.2) is 32.7 Å². The first kappa shape index (κ1) is 11.9. The lowest BCUT2D eigenvalue weighted by atomic mass is 10.0. The van der Waals surface area contributed by atoms with E-state index in [1.54, 1.807) is 0 Å². The minimum absolute atomic E-state index is 0.0612. The minimum Gasteiger partial charge on any atom is -0.492 e. The summed E-state index contributed by atoms with van der Waals surface area (Å²) in [5.41, 5.74) is 0.999. The van der Waals surface area contributed by atoms with Crippen LogP contribution in [0.15, 0.2) is 24.3 Å². The first-order valence-corrected chi connectivity index (χ1v) is 5.97. The molecule has 0 aliphatic carbocycles. The molecule has 0 spiro atoms. The first-order valence-electron chi connectivity index (χ1n) is 5.97. The van der Waals surface area contributed by atoms with Gasteiger partial charge in [-0.3, -0.25) is 4.79 Å². The summed E-state index contributed by atoms with van der Waals surface area (Å²) in [4.78, 5) is 12.0. The van der Waals surface area contributed by atoms with E-state index in [1.165, 1.54) is 0 Å². The van der Waals surface area contributed by atoms with Crippen molar-refractivity contribution in [1.82, 2.24) is 10.6 Å². The number of carbonyl (C=O) groups excluding carboxylic acids is 1. The van der Waals surface area contributed by atoms with E-state index in [4.69, 9.17) is 4.74 Å². The van der Waals surface area contributed by atoms with Gasteiger partial charge in [-0.2, -0.15) is 0 Å². The lowest BCUT2D eigenvalue weighted by Crippen LogP contribution is -2.32. The molecule has 1 aromatic rings. The summed E-state index contributed by atoms with van der Waals surface area (Å²) in [5, 5.41) is 5.99. The molecule has 1 aliphatic rings. The zero-order chi connectivity index (χ0) is 12.1. The van der Waals surface area contributed by atoms with Crippen LogP contribution in [0.3, 0.4) is 0 Å². The molecule has 4 heteroatoms. The van der Waals surface area contributed by atoms with Crippen LogP contribution in [0, 0.1) is 0 Å². The molecule has 0 saturated heterocycles. The van der Waals surface area contributed by atoms with Crippen molar-refractivity contribution in [3.8, 4) is 5.75 Å². The van der Waals surface area contributed by atoms with Crippen molar-refractivity contribution in [3.63, 3.8) is 0 Å². The fraction of sp³-hybridized carbons (Fsp3) is 0.462. The quantitative estimate of drug-likeness (QED) is 0.744. The highest BCUT2D eigenvalue weighted by atomic mass is 16.5. The third kappa shape index (κ3) is 2.77. The molecule has 1 heterocycles. The molecule has 17 heavy (non-hydrogen) atoms. The summed E-state index contributed by atoms with van der Waals surface area (Å²) in [7, 11) is 1.91. The Kier molecular flexibility index (Phi) is 3.98. The number of nitrogens with one attached hydrogen (secondary N) is 2. The lowest BCUT2D eigenvalue weighted by Gasteiger charge is -2.09. The van der Waals surface area contributed by atoms with Crippen LogP contribution in [0.2, 0.25) is 0 Å². The van der Waals surface area contributed by atoms with Crippen molar-refractivity contribution >= 4 is 5.91 Å². The van der Waals surface area contributed by atoms with E-state index in [2.05, 4.69) is 10.6 Å². The van der Waals surface area contributed by atoms with E-state index < -0.39 is 0 Å². The van der Waals surface area contributed by atoms with Crippen LogP contribution in [0.1, 0.15) is 17.9 Å². The van der Waals surface area contributed by atoms with E-state index in [-0.39, 0.29) is 11.8 Å². The van der Waals surface area contributed by atoms with Gasteiger partial charge < -0.3 is 15.4 Å². The van der Waals surface area contributed by atoms with Gasteiger partial charge in [-0.05, 0) is 26.1 Å². The van der Waals surface area contributed by atoms with Crippen LogP contribution < -0.4 is 15.4 Å². The topological polar surface area (TPSA) is 50.4 Å². The second kappa shape index (κ2) is 5.68. The minimum atomic E-state index is -0.152. The molecule has 92 valence electrons. The standard InChI is InChI=1S/C13H18N2O2/c1-14-7-4-8-15-13(16)11-9-17-12-6-3-2-5-10(11)12/h2-3,5-6,11,14H,4,7-9H2,1H3,(H,15,16). The average molecular weight is 234 g/mol. The molecule has 1 aliphatic heterocycles. The van der Waals surface area contributed by atoms with Gasteiger partial charge in [0.05, 0.1) is 0 Å². The zero-order valence-electron chi connectivity index (χ0n) is 10.0. The normalized spacial score (nSPS) is 17.4. The molecule has 0 fully saturated rings. The molecule has 0 saturated carbocycles. The van der Waals surface area contributed by atoms with Crippen LogP contribution in [0.25, 0.3) is 0 Å². The van der Waals surface area contributed by atoms with E-state index in [1.807, 2.05) is 31.3 Å². The van der Waals surface area contributed by atoms with Gasteiger partial charge in [0.1, 0.15) is 18.3 Å². The highest BCUT2D eigenvalue weighted by molar-refractivity contribution is 5.85. The number of fused-ring (bicyclic) bond motifs is 1. The van der Waals surface area contributed by atoms with E-state index in [0.29, 0.717) is 13.2 Å². The SMILES string of the molecule is CNCCCNC(=O)C1COc2ccccc21. The maximum absolute atomic E-state index is 12.0. The molecule has 4 nitrogen and oxygen atoms in total. The average Bonchev–Trinajstić information content (AvgIpc) is 2.78.